The third-order valence-electron chi connectivity index (χ3n) is 3.87. The van der Waals surface area contributed by atoms with E-state index >= 15 is 0 Å². The molecule has 2 N–H and O–H groups in total. The number of nitrogens with zero attached hydrogens (tertiary/aromatic N) is 2. The van der Waals surface area contributed by atoms with Gasteiger partial charge >= 0.3 is 6.03 Å². The molecule has 0 unspecified atom stereocenters. The summed E-state index contributed by atoms with van der Waals surface area (Å²) in [7, 11) is 0. The summed E-state index contributed by atoms with van der Waals surface area (Å²) in [6.07, 6.45) is 8.70. The van der Waals surface area contributed by atoms with Gasteiger partial charge in [0.05, 0.1) is 11.4 Å². The van der Waals surface area contributed by atoms with E-state index in [-0.39, 0.29) is 17.0 Å². The number of aliphatic imine (C=N–C) groups is 1. The number of hydrogen-bond donors (Lipinski definition) is 2. The fourth-order valence-corrected chi connectivity index (χ4v) is 2.43. The molecule has 0 radical (unpaired) electrons. The van der Waals surface area contributed by atoms with E-state index in [4.69, 9.17) is 0 Å². The molecule has 0 fully saturated rings. The first-order chi connectivity index (χ1) is 12.4. The fourth-order valence-electron chi connectivity index (χ4n) is 2.43. The van der Waals surface area contributed by atoms with E-state index in [0.717, 1.165) is 10.6 Å². The molecule has 1 aromatic rings. The van der Waals surface area contributed by atoms with Crippen LogP contribution in [0.5, 0.6) is 0 Å². The smallest absolute Gasteiger partial charge is 0.332 e. The van der Waals surface area contributed by atoms with Crippen molar-refractivity contribution in [3.63, 3.8) is 0 Å². The summed E-state index contributed by atoms with van der Waals surface area (Å²) in [5.74, 6) is 0. The van der Waals surface area contributed by atoms with Gasteiger partial charge in [-0.15, -0.1) is 0 Å². The van der Waals surface area contributed by atoms with Gasteiger partial charge in [-0.25, -0.2) is 9.86 Å². The topological polar surface area (TPSA) is 64.9 Å². The molecular formula is C22H29N3O2. The highest BCUT2D eigenvalue weighted by Crippen LogP contribution is 2.25. The number of anilines is 1. The van der Waals surface area contributed by atoms with E-state index in [1.807, 2.05) is 45.0 Å². The molecule has 1 aliphatic carbocycles. The van der Waals surface area contributed by atoms with E-state index in [2.05, 4.69) is 31.1 Å². The van der Waals surface area contributed by atoms with Crippen molar-refractivity contribution in [2.45, 2.75) is 52.5 Å². The van der Waals surface area contributed by atoms with Gasteiger partial charge in [0, 0.05) is 11.7 Å². The lowest BCUT2D eigenvalue weighted by atomic mass is 9.87. The molecule has 2 rings (SSSR count). The van der Waals surface area contributed by atoms with Crippen LogP contribution in [0, 0.1) is 0 Å². The van der Waals surface area contributed by atoms with E-state index < -0.39 is 0 Å². The molecular weight excluding hydrogens is 338 g/mol. The molecule has 0 heterocycles. The molecule has 1 aliphatic rings. The minimum Gasteiger partial charge on any atom is -0.332 e. The number of carbonyl (C=O) groups is 1. The van der Waals surface area contributed by atoms with Gasteiger partial charge in [-0.1, -0.05) is 45.1 Å². The minimum atomic E-state index is -0.373. The zero-order valence-corrected chi connectivity index (χ0v) is 16.9. The van der Waals surface area contributed by atoms with E-state index in [1.165, 1.54) is 5.56 Å². The summed E-state index contributed by atoms with van der Waals surface area (Å²) in [6.45, 7) is 12.2. The van der Waals surface area contributed by atoms with Gasteiger partial charge in [-0.3, -0.25) is 5.21 Å². The number of amides is 2. The Bertz CT molecular complexity index is 783. The first-order valence-corrected chi connectivity index (χ1v) is 9.01. The molecule has 0 atom stereocenters. The number of rotatable bonds is 2. The second kappa shape index (κ2) is 7.92. The van der Waals surface area contributed by atoms with Gasteiger partial charge in [0.15, 0.2) is 0 Å². The zero-order chi connectivity index (χ0) is 20.2. The largest absolute Gasteiger partial charge is 0.341 e. The highest BCUT2D eigenvalue weighted by molar-refractivity contribution is 6.10. The van der Waals surface area contributed by atoms with Crippen LogP contribution in [0.4, 0.5) is 10.5 Å². The quantitative estimate of drug-likeness (QED) is 0.712. The van der Waals surface area contributed by atoms with Crippen LogP contribution in [0.25, 0.3) is 0 Å². The van der Waals surface area contributed by atoms with Crippen LogP contribution in [0.2, 0.25) is 0 Å². The first kappa shape index (κ1) is 20.6. The maximum Gasteiger partial charge on any atom is 0.341 e. The number of carbonyl (C=O) groups excluding carboxylic acids is 1. The summed E-state index contributed by atoms with van der Waals surface area (Å²) >= 11 is 0. The minimum absolute atomic E-state index is 0.0706. The number of hydrogen-bond acceptors (Lipinski definition) is 3. The van der Waals surface area contributed by atoms with Crippen LogP contribution in [-0.4, -0.2) is 22.5 Å². The molecule has 0 saturated heterocycles. The highest BCUT2D eigenvalue weighted by atomic mass is 16.5. The lowest BCUT2D eigenvalue weighted by Crippen LogP contribution is -2.39. The maximum absolute atomic E-state index is 11.8. The highest BCUT2D eigenvalue weighted by Gasteiger charge is 2.14. The molecule has 0 spiro atoms. The number of benzene rings is 1. The van der Waals surface area contributed by atoms with Crippen molar-refractivity contribution >= 4 is 17.4 Å². The Hall–Kier alpha value is -2.66. The predicted octanol–water partition coefficient (Wildman–Crippen LogP) is 5.14. The summed E-state index contributed by atoms with van der Waals surface area (Å²) in [5, 5.41) is 14.2. The van der Waals surface area contributed by atoms with Gasteiger partial charge in [0.25, 0.3) is 0 Å². The summed E-state index contributed by atoms with van der Waals surface area (Å²) in [4.78, 5) is 15.9. The van der Waals surface area contributed by atoms with Crippen molar-refractivity contribution in [1.29, 1.82) is 0 Å². The lowest BCUT2D eigenvalue weighted by molar-refractivity contribution is 0.241. The molecule has 0 bridgehead atoms. The molecule has 144 valence electrons. The Morgan fingerprint density at radius 1 is 1.00 bits per heavy atom. The molecule has 0 aliphatic heterocycles. The standard InChI is InChI=1S/C22H29N3O2/c1-21(2,3)17-9-13-19(14-10-17)25(27)15-16-7-11-18(12-8-16)23-20(26)24-22(4,5)6/h7-15,27H,1-6H3,(H,24,26). The van der Waals surface area contributed by atoms with Gasteiger partial charge in [-0.05, 0) is 61.6 Å². The predicted molar refractivity (Wildman–Crippen MR) is 111 cm³/mol. The third kappa shape index (κ3) is 6.53. The average molecular weight is 367 g/mol. The van der Waals surface area contributed by atoms with Crippen molar-refractivity contribution in [3.05, 3.63) is 65.9 Å². The van der Waals surface area contributed by atoms with Gasteiger partial charge in [-0.2, -0.15) is 4.99 Å². The molecule has 1 aromatic carbocycles. The Balaban J connectivity index is 2.05. The van der Waals surface area contributed by atoms with Crippen LogP contribution in [-0.2, 0) is 5.41 Å². The van der Waals surface area contributed by atoms with Gasteiger partial charge in [0.1, 0.15) is 0 Å². The second-order valence-corrected chi connectivity index (χ2v) is 8.65. The third-order valence-corrected chi connectivity index (χ3v) is 3.87. The molecule has 2 amide bonds. The molecule has 5 nitrogen and oxygen atoms in total. The molecule has 0 saturated carbocycles. The fraction of sp³-hybridized carbons (Fsp3) is 0.364. The monoisotopic (exact) mass is 367 g/mol. The number of allylic oxidation sites excluding steroid dienone is 5. The Morgan fingerprint density at radius 2 is 1.56 bits per heavy atom. The molecule has 27 heavy (non-hydrogen) atoms. The summed E-state index contributed by atoms with van der Waals surface area (Å²) < 4.78 is 0. The normalized spacial score (nSPS) is 14.2. The van der Waals surface area contributed by atoms with Crippen LogP contribution in [0.15, 0.2) is 65.3 Å². The van der Waals surface area contributed by atoms with E-state index in [9.17, 15) is 10.0 Å². The van der Waals surface area contributed by atoms with Crippen molar-refractivity contribution in [3.8, 4) is 0 Å². The Morgan fingerprint density at radius 3 is 2.04 bits per heavy atom. The number of nitrogens with one attached hydrogen (secondary N) is 1. The summed E-state index contributed by atoms with van der Waals surface area (Å²) in [5.41, 5.74) is 3.00. The van der Waals surface area contributed by atoms with E-state index in [1.54, 1.807) is 30.5 Å². The second-order valence-electron chi connectivity index (χ2n) is 8.65. The Labute approximate surface area is 161 Å². The number of hydroxylamine groups is 1. The lowest BCUT2D eigenvalue weighted by Gasteiger charge is -2.20. The van der Waals surface area contributed by atoms with Crippen LogP contribution >= 0.6 is 0 Å². The van der Waals surface area contributed by atoms with Crippen LogP contribution < -0.4 is 10.4 Å². The van der Waals surface area contributed by atoms with Crippen molar-refractivity contribution in [1.82, 2.24) is 5.32 Å². The summed E-state index contributed by atoms with van der Waals surface area (Å²) in [6, 6.07) is 7.43. The SMILES string of the molecule is CC(C)(C)NC(=O)N=C1C=CC(=CN(O)c2ccc(C(C)(C)C)cc2)C=C1. The van der Waals surface area contributed by atoms with Crippen molar-refractivity contribution < 1.29 is 10.0 Å². The van der Waals surface area contributed by atoms with Crippen LogP contribution in [0.3, 0.4) is 0 Å². The Kier molecular flexibility index (Phi) is 6.06. The van der Waals surface area contributed by atoms with Gasteiger partial charge in [0.2, 0.25) is 0 Å². The number of urea groups is 1. The van der Waals surface area contributed by atoms with Crippen LogP contribution in [0.1, 0.15) is 47.1 Å². The zero-order valence-electron chi connectivity index (χ0n) is 16.9. The molecule has 0 aromatic heterocycles. The maximum atomic E-state index is 11.8. The first-order valence-electron chi connectivity index (χ1n) is 9.01. The average Bonchev–Trinajstić information content (AvgIpc) is 2.54. The van der Waals surface area contributed by atoms with Crippen molar-refractivity contribution in [2.75, 3.05) is 5.06 Å². The van der Waals surface area contributed by atoms with E-state index in [0.29, 0.717) is 11.4 Å². The van der Waals surface area contributed by atoms with Gasteiger partial charge < -0.3 is 5.32 Å². The molecule has 5 heteroatoms. The van der Waals surface area contributed by atoms with Crippen molar-refractivity contribution in [2.24, 2.45) is 4.99 Å².